The van der Waals surface area contributed by atoms with Crippen molar-refractivity contribution in [2.24, 2.45) is 5.92 Å². The first-order chi connectivity index (χ1) is 14.7. The van der Waals surface area contributed by atoms with E-state index in [2.05, 4.69) is 71.6 Å². The quantitative estimate of drug-likeness (QED) is 0.510. The minimum Gasteiger partial charge on any atom is -0.481 e. The molecule has 4 heteroatoms. The molecule has 0 spiro atoms. The van der Waals surface area contributed by atoms with Crippen LogP contribution in [0.2, 0.25) is 0 Å². The van der Waals surface area contributed by atoms with E-state index in [1.165, 1.54) is 16.3 Å². The van der Waals surface area contributed by atoms with E-state index in [0.717, 1.165) is 29.7 Å². The number of carboxylic acid groups (broad SMARTS) is 1. The smallest absolute Gasteiger partial charge is 0.306 e. The van der Waals surface area contributed by atoms with E-state index in [1.54, 1.807) is 0 Å². The van der Waals surface area contributed by atoms with Crippen LogP contribution >= 0.6 is 0 Å². The third-order valence-electron chi connectivity index (χ3n) is 6.26. The lowest BCUT2D eigenvalue weighted by Crippen LogP contribution is -2.39. The van der Waals surface area contributed by atoms with Crippen LogP contribution in [0.15, 0.2) is 78.9 Å². The van der Waals surface area contributed by atoms with E-state index >= 15 is 0 Å². The Morgan fingerprint density at radius 3 is 2.37 bits per heavy atom. The van der Waals surface area contributed by atoms with Crippen LogP contribution in [0.4, 0.5) is 0 Å². The van der Waals surface area contributed by atoms with E-state index < -0.39 is 5.97 Å². The van der Waals surface area contributed by atoms with Crippen molar-refractivity contribution >= 4 is 27.6 Å². The van der Waals surface area contributed by atoms with Gasteiger partial charge in [0.15, 0.2) is 0 Å². The number of hydrogen-bond donors (Lipinski definition) is 1. The fraction of sp³-hybridized carbons (Fsp3) is 0.231. The molecule has 5 rings (SSSR count). The molecule has 2 heterocycles. The van der Waals surface area contributed by atoms with Gasteiger partial charge in [-0.15, -0.1) is 0 Å². The molecule has 0 radical (unpaired) electrons. The van der Waals surface area contributed by atoms with Gasteiger partial charge in [-0.2, -0.15) is 0 Å². The third kappa shape index (κ3) is 3.44. The molecule has 1 N–H and O–H groups in total. The molecular formula is C26H24N2O2. The first-order valence-corrected chi connectivity index (χ1v) is 10.5. The highest BCUT2D eigenvalue weighted by Crippen LogP contribution is 2.36. The molecule has 150 valence electrons. The highest BCUT2D eigenvalue weighted by molar-refractivity contribution is 5.86. The Labute approximate surface area is 175 Å². The van der Waals surface area contributed by atoms with Gasteiger partial charge in [-0.3, -0.25) is 14.7 Å². The molecular weight excluding hydrogens is 372 g/mol. The van der Waals surface area contributed by atoms with Crippen molar-refractivity contribution in [2.75, 3.05) is 13.1 Å². The number of hydrogen-bond acceptors (Lipinski definition) is 3. The minimum absolute atomic E-state index is 0.00421. The molecule has 0 bridgehead atoms. The SMILES string of the molecule is O=C(O)C1CCN(C(c2ccc3ccccc3n2)c2cccc3ccccc23)CC1. The van der Waals surface area contributed by atoms with Crippen LogP contribution in [0.3, 0.4) is 0 Å². The van der Waals surface area contributed by atoms with Gasteiger partial charge in [-0.05, 0) is 54.4 Å². The summed E-state index contributed by atoms with van der Waals surface area (Å²) in [7, 11) is 0. The van der Waals surface area contributed by atoms with Crippen molar-refractivity contribution in [2.45, 2.75) is 18.9 Å². The molecule has 3 aromatic carbocycles. The Balaban J connectivity index is 1.63. The molecule has 0 saturated carbocycles. The Hall–Kier alpha value is -3.24. The van der Waals surface area contributed by atoms with E-state index in [-0.39, 0.29) is 12.0 Å². The highest BCUT2D eigenvalue weighted by Gasteiger charge is 2.31. The average Bonchev–Trinajstić information content (AvgIpc) is 2.80. The third-order valence-corrected chi connectivity index (χ3v) is 6.26. The van der Waals surface area contributed by atoms with Crippen molar-refractivity contribution in [1.82, 2.24) is 9.88 Å². The number of rotatable bonds is 4. The van der Waals surface area contributed by atoms with Gasteiger partial charge in [0.2, 0.25) is 0 Å². The van der Waals surface area contributed by atoms with Crippen LogP contribution in [0.1, 0.15) is 30.1 Å². The Kier molecular flexibility index (Phi) is 4.93. The molecule has 1 saturated heterocycles. The van der Waals surface area contributed by atoms with Crippen LogP contribution in [0, 0.1) is 5.92 Å². The number of aromatic nitrogens is 1. The predicted octanol–water partition coefficient (Wildman–Crippen LogP) is 5.27. The maximum absolute atomic E-state index is 11.5. The fourth-order valence-corrected chi connectivity index (χ4v) is 4.67. The topological polar surface area (TPSA) is 53.4 Å². The number of pyridine rings is 1. The maximum atomic E-state index is 11.5. The molecule has 0 aliphatic carbocycles. The summed E-state index contributed by atoms with van der Waals surface area (Å²) in [6.07, 6.45) is 1.34. The van der Waals surface area contributed by atoms with Crippen molar-refractivity contribution in [3.05, 3.63) is 90.1 Å². The lowest BCUT2D eigenvalue weighted by atomic mass is 9.90. The monoisotopic (exact) mass is 396 g/mol. The number of fused-ring (bicyclic) bond motifs is 2. The van der Waals surface area contributed by atoms with Gasteiger partial charge in [0.25, 0.3) is 0 Å². The van der Waals surface area contributed by atoms with Gasteiger partial charge < -0.3 is 5.11 Å². The second-order valence-corrected chi connectivity index (χ2v) is 8.05. The summed E-state index contributed by atoms with van der Waals surface area (Å²) in [5, 5.41) is 13.0. The van der Waals surface area contributed by atoms with Crippen molar-refractivity contribution in [3.8, 4) is 0 Å². The standard InChI is InChI=1S/C26H24N2O2/c29-26(30)20-14-16-28(17-15-20)25(22-10-5-8-18-6-1-3-9-21(18)22)24-13-12-19-7-2-4-11-23(19)27-24/h1-13,20,25H,14-17H2,(H,29,30). The Morgan fingerprint density at radius 1 is 0.867 bits per heavy atom. The number of carboxylic acids is 1. The number of aliphatic carboxylic acids is 1. The number of carbonyl (C=O) groups is 1. The van der Waals surface area contributed by atoms with Gasteiger partial charge in [0.1, 0.15) is 0 Å². The lowest BCUT2D eigenvalue weighted by Gasteiger charge is -2.37. The van der Waals surface area contributed by atoms with E-state index in [1.807, 2.05) is 12.1 Å². The van der Waals surface area contributed by atoms with Gasteiger partial charge >= 0.3 is 5.97 Å². The van der Waals surface area contributed by atoms with Crippen LogP contribution in [-0.4, -0.2) is 34.0 Å². The number of piperidine rings is 1. The maximum Gasteiger partial charge on any atom is 0.306 e. The summed E-state index contributed by atoms with van der Waals surface area (Å²) >= 11 is 0. The summed E-state index contributed by atoms with van der Waals surface area (Å²) < 4.78 is 0. The van der Waals surface area contributed by atoms with Crippen molar-refractivity contribution in [1.29, 1.82) is 0 Å². The first-order valence-electron chi connectivity index (χ1n) is 10.5. The minimum atomic E-state index is -0.680. The number of para-hydroxylation sites is 1. The van der Waals surface area contributed by atoms with Gasteiger partial charge in [0, 0.05) is 5.39 Å². The summed E-state index contributed by atoms with van der Waals surface area (Å²) in [5.41, 5.74) is 3.23. The second-order valence-electron chi connectivity index (χ2n) is 8.05. The summed E-state index contributed by atoms with van der Waals surface area (Å²) in [6.45, 7) is 1.50. The van der Waals surface area contributed by atoms with Crippen LogP contribution in [0.5, 0.6) is 0 Å². The highest BCUT2D eigenvalue weighted by atomic mass is 16.4. The zero-order valence-corrected chi connectivity index (χ0v) is 16.7. The van der Waals surface area contributed by atoms with E-state index in [0.29, 0.717) is 12.8 Å². The fourth-order valence-electron chi connectivity index (χ4n) is 4.67. The largest absolute Gasteiger partial charge is 0.481 e. The molecule has 1 atom stereocenters. The van der Waals surface area contributed by atoms with Gasteiger partial charge in [-0.25, -0.2) is 0 Å². The number of nitrogens with zero attached hydrogens (tertiary/aromatic N) is 2. The number of benzene rings is 3. The molecule has 1 aliphatic heterocycles. The van der Waals surface area contributed by atoms with Crippen molar-refractivity contribution in [3.63, 3.8) is 0 Å². The van der Waals surface area contributed by atoms with Crippen LogP contribution in [0.25, 0.3) is 21.7 Å². The lowest BCUT2D eigenvalue weighted by molar-refractivity contribution is -0.143. The average molecular weight is 396 g/mol. The molecule has 1 aromatic heterocycles. The normalized spacial score (nSPS) is 16.7. The molecule has 1 fully saturated rings. The molecule has 0 amide bonds. The molecule has 4 nitrogen and oxygen atoms in total. The molecule has 4 aromatic rings. The Bertz CT molecular complexity index is 1210. The summed E-state index contributed by atoms with van der Waals surface area (Å²) in [5.74, 6) is -0.931. The Morgan fingerprint density at radius 2 is 1.57 bits per heavy atom. The first kappa shape index (κ1) is 18.8. The predicted molar refractivity (Wildman–Crippen MR) is 119 cm³/mol. The van der Waals surface area contributed by atoms with Crippen LogP contribution < -0.4 is 0 Å². The van der Waals surface area contributed by atoms with E-state index in [9.17, 15) is 9.90 Å². The molecule has 1 unspecified atom stereocenters. The zero-order valence-electron chi connectivity index (χ0n) is 16.7. The summed E-state index contributed by atoms with van der Waals surface area (Å²) in [4.78, 5) is 18.9. The molecule has 1 aliphatic rings. The second kappa shape index (κ2) is 7.88. The number of likely N-dealkylation sites (tertiary alicyclic amines) is 1. The zero-order chi connectivity index (χ0) is 20.5. The van der Waals surface area contributed by atoms with Crippen molar-refractivity contribution < 1.29 is 9.90 Å². The van der Waals surface area contributed by atoms with Crippen LogP contribution in [-0.2, 0) is 4.79 Å². The summed E-state index contributed by atoms with van der Waals surface area (Å²) in [6, 6.07) is 27.3. The van der Waals surface area contributed by atoms with E-state index in [4.69, 9.17) is 4.98 Å². The van der Waals surface area contributed by atoms with Gasteiger partial charge in [0.05, 0.1) is 23.2 Å². The van der Waals surface area contributed by atoms with Gasteiger partial charge in [-0.1, -0.05) is 66.7 Å². The molecule has 30 heavy (non-hydrogen) atoms.